The molecule has 2 rings (SSSR count). The van der Waals surface area contributed by atoms with Crippen molar-refractivity contribution in [1.82, 2.24) is 4.90 Å². The molecule has 1 heterocycles. The topological polar surface area (TPSA) is 83.9 Å². The monoisotopic (exact) mass is 369 g/mol. The fraction of sp³-hybridized carbons (Fsp3) is 0.611. The van der Waals surface area contributed by atoms with Crippen molar-refractivity contribution in [3.63, 3.8) is 0 Å². The Morgan fingerprint density at radius 1 is 1.28 bits per heavy atom. The van der Waals surface area contributed by atoms with Crippen LogP contribution in [0, 0.1) is 0 Å². The van der Waals surface area contributed by atoms with Crippen LogP contribution in [0.15, 0.2) is 29.2 Å². The Bertz CT molecular complexity index is 671. The quantitative estimate of drug-likeness (QED) is 0.709. The molecule has 1 N–H and O–H groups in total. The Labute approximate surface area is 149 Å². The van der Waals surface area contributed by atoms with Crippen LogP contribution in [0.1, 0.15) is 39.5 Å². The number of nitrogens with zero attached hydrogens (tertiary/aromatic N) is 1. The van der Waals surface area contributed by atoms with E-state index in [9.17, 15) is 18.3 Å². The first-order valence-corrected chi connectivity index (χ1v) is 10.4. The molecule has 1 aliphatic rings. The summed E-state index contributed by atoms with van der Waals surface area (Å²) in [6.07, 6.45) is 2.56. The van der Waals surface area contributed by atoms with Crippen LogP contribution in [0.2, 0.25) is 0 Å². The number of unbranched alkanes of at least 4 members (excludes halogenated alkanes) is 1. The maximum Gasteiger partial charge on any atom is 0.320 e. The predicted octanol–water partition coefficient (Wildman–Crippen LogP) is 2.58. The molecule has 0 radical (unpaired) electrons. The Morgan fingerprint density at radius 3 is 2.52 bits per heavy atom. The lowest BCUT2D eigenvalue weighted by atomic mass is 10.0. The van der Waals surface area contributed by atoms with Crippen LogP contribution in [0.25, 0.3) is 0 Å². The van der Waals surface area contributed by atoms with Gasteiger partial charge in [-0.15, -0.1) is 0 Å². The number of likely N-dealkylation sites (tertiary alicyclic amines) is 1. The van der Waals surface area contributed by atoms with E-state index in [0.29, 0.717) is 31.9 Å². The molecular weight excluding hydrogens is 342 g/mol. The van der Waals surface area contributed by atoms with Gasteiger partial charge in [0.2, 0.25) is 0 Å². The lowest BCUT2D eigenvalue weighted by molar-refractivity contribution is -0.144. The van der Waals surface area contributed by atoms with Gasteiger partial charge in [-0.2, -0.15) is 0 Å². The minimum absolute atomic E-state index is 0.125. The van der Waals surface area contributed by atoms with Crippen LogP contribution in [-0.4, -0.2) is 55.4 Å². The van der Waals surface area contributed by atoms with E-state index in [2.05, 4.69) is 6.92 Å². The van der Waals surface area contributed by atoms with Gasteiger partial charge >= 0.3 is 5.97 Å². The number of aliphatic carboxylic acids is 1. The van der Waals surface area contributed by atoms with Crippen LogP contribution in [0.5, 0.6) is 5.75 Å². The molecule has 140 valence electrons. The summed E-state index contributed by atoms with van der Waals surface area (Å²) >= 11 is 0. The van der Waals surface area contributed by atoms with Crippen molar-refractivity contribution in [3.05, 3.63) is 24.3 Å². The van der Waals surface area contributed by atoms with Crippen LogP contribution in [0.4, 0.5) is 0 Å². The largest absolute Gasteiger partial charge is 0.494 e. The van der Waals surface area contributed by atoms with Gasteiger partial charge in [0.15, 0.2) is 9.84 Å². The number of carboxylic acid groups (broad SMARTS) is 1. The number of piperidine rings is 1. The van der Waals surface area contributed by atoms with E-state index in [1.165, 1.54) is 0 Å². The second-order valence-electron chi connectivity index (χ2n) is 6.35. The summed E-state index contributed by atoms with van der Waals surface area (Å²) in [6.45, 7) is 5.66. The molecule has 7 heteroatoms. The standard InChI is InChI=1S/C18H27NO5S/c1-3-5-12-24-14-6-8-15(9-7-14)25(22,23)16-10-11-19(4-2)17(13-16)18(20)21/h6-9,16-17H,3-5,10-13H2,1-2H3,(H,20,21). The average Bonchev–Trinajstić information content (AvgIpc) is 2.61. The number of hydrogen-bond acceptors (Lipinski definition) is 5. The molecule has 1 aliphatic heterocycles. The Hall–Kier alpha value is -1.60. The van der Waals surface area contributed by atoms with Crippen molar-refractivity contribution < 1.29 is 23.1 Å². The van der Waals surface area contributed by atoms with Crippen LogP contribution in [0.3, 0.4) is 0 Å². The molecule has 1 fully saturated rings. The Balaban J connectivity index is 2.11. The molecule has 0 amide bonds. The number of rotatable bonds is 8. The number of benzene rings is 1. The fourth-order valence-electron chi connectivity index (χ4n) is 3.15. The minimum Gasteiger partial charge on any atom is -0.494 e. The van der Waals surface area contributed by atoms with E-state index in [1.807, 2.05) is 11.8 Å². The van der Waals surface area contributed by atoms with Crippen molar-refractivity contribution in [2.24, 2.45) is 0 Å². The van der Waals surface area contributed by atoms with Crippen molar-refractivity contribution in [1.29, 1.82) is 0 Å². The summed E-state index contributed by atoms with van der Waals surface area (Å²) in [5.41, 5.74) is 0. The first-order valence-electron chi connectivity index (χ1n) is 8.83. The molecule has 25 heavy (non-hydrogen) atoms. The summed E-state index contributed by atoms with van der Waals surface area (Å²) < 4.78 is 31.3. The van der Waals surface area contributed by atoms with Crippen molar-refractivity contribution in [2.75, 3.05) is 19.7 Å². The van der Waals surface area contributed by atoms with Crippen LogP contribution < -0.4 is 4.74 Å². The third-order valence-corrected chi connectivity index (χ3v) is 6.95. The van der Waals surface area contributed by atoms with E-state index in [0.717, 1.165) is 12.8 Å². The summed E-state index contributed by atoms with van der Waals surface area (Å²) in [6, 6.07) is 5.70. The number of ether oxygens (including phenoxy) is 1. The Kier molecular flexibility index (Phi) is 6.84. The molecule has 0 aliphatic carbocycles. The van der Waals surface area contributed by atoms with E-state index in [1.54, 1.807) is 24.3 Å². The van der Waals surface area contributed by atoms with E-state index in [4.69, 9.17) is 4.74 Å². The molecule has 2 unspecified atom stereocenters. The van der Waals surface area contributed by atoms with Crippen molar-refractivity contribution in [2.45, 2.75) is 55.7 Å². The smallest absolute Gasteiger partial charge is 0.320 e. The molecule has 0 spiro atoms. The third kappa shape index (κ3) is 4.73. The van der Waals surface area contributed by atoms with Gasteiger partial charge in [-0.25, -0.2) is 8.42 Å². The highest BCUT2D eigenvalue weighted by Gasteiger charge is 2.39. The van der Waals surface area contributed by atoms with E-state index < -0.39 is 27.1 Å². The highest BCUT2D eigenvalue weighted by Crippen LogP contribution is 2.29. The fourth-order valence-corrected chi connectivity index (χ4v) is 4.90. The molecule has 6 nitrogen and oxygen atoms in total. The number of sulfone groups is 1. The molecule has 1 saturated heterocycles. The lowest BCUT2D eigenvalue weighted by Gasteiger charge is -2.36. The van der Waals surface area contributed by atoms with Gasteiger partial charge in [-0.3, -0.25) is 9.69 Å². The van der Waals surface area contributed by atoms with Crippen LogP contribution in [-0.2, 0) is 14.6 Å². The highest BCUT2D eigenvalue weighted by molar-refractivity contribution is 7.92. The molecule has 0 bridgehead atoms. The van der Waals surface area contributed by atoms with Crippen LogP contribution >= 0.6 is 0 Å². The van der Waals surface area contributed by atoms with Gasteiger partial charge in [0.25, 0.3) is 0 Å². The molecule has 1 aromatic rings. The highest BCUT2D eigenvalue weighted by atomic mass is 32.2. The molecule has 2 atom stereocenters. The van der Waals surface area contributed by atoms with E-state index >= 15 is 0 Å². The predicted molar refractivity (Wildman–Crippen MR) is 95.7 cm³/mol. The summed E-state index contributed by atoms with van der Waals surface area (Å²) in [7, 11) is -3.55. The average molecular weight is 369 g/mol. The van der Waals surface area contributed by atoms with Crippen molar-refractivity contribution in [3.8, 4) is 5.75 Å². The maximum absolute atomic E-state index is 12.9. The van der Waals surface area contributed by atoms with Gasteiger partial charge in [0, 0.05) is 6.54 Å². The van der Waals surface area contributed by atoms with E-state index in [-0.39, 0.29) is 11.3 Å². The zero-order valence-electron chi connectivity index (χ0n) is 14.8. The normalized spacial score (nSPS) is 21.8. The first kappa shape index (κ1) is 19.7. The molecule has 1 aromatic carbocycles. The zero-order valence-corrected chi connectivity index (χ0v) is 15.7. The van der Waals surface area contributed by atoms with Gasteiger partial charge in [0.1, 0.15) is 11.8 Å². The van der Waals surface area contributed by atoms with Gasteiger partial charge in [-0.1, -0.05) is 20.3 Å². The molecule has 0 saturated carbocycles. The SMILES string of the molecule is CCCCOc1ccc(S(=O)(=O)C2CCN(CC)C(C(=O)O)C2)cc1. The zero-order chi connectivity index (χ0) is 18.4. The minimum atomic E-state index is -3.55. The maximum atomic E-state index is 12.9. The number of carboxylic acids is 1. The van der Waals surface area contributed by atoms with Gasteiger partial charge in [0.05, 0.1) is 16.8 Å². The lowest BCUT2D eigenvalue weighted by Crippen LogP contribution is -2.50. The number of hydrogen-bond donors (Lipinski definition) is 1. The van der Waals surface area contributed by atoms with Crippen molar-refractivity contribution >= 4 is 15.8 Å². The first-order chi connectivity index (χ1) is 11.9. The Morgan fingerprint density at radius 2 is 1.96 bits per heavy atom. The molecular formula is C18H27NO5S. The van der Waals surface area contributed by atoms with Gasteiger partial charge < -0.3 is 9.84 Å². The second-order valence-corrected chi connectivity index (χ2v) is 8.58. The second kappa shape index (κ2) is 8.67. The molecule has 0 aromatic heterocycles. The summed E-state index contributed by atoms with van der Waals surface area (Å²) in [4.78, 5) is 13.5. The summed E-state index contributed by atoms with van der Waals surface area (Å²) in [5.74, 6) is -0.307. The third-order valence-electron chi connectivity index (χ3n) is 4.71. The number of carbonyl (C=O) groups is 1. The van der Waals surface area contributed by atoms with Gasteiger partial charge in [-0.05, 0) is 50.1 Å². The summed E-state index contributed by atoms with van der Waals surface area (Å²) in [5, 5.41) is 8.72. The number of likely N-dealkylation sites (N-methyl/N-ethyl adjacent to an activating group) is 1.